The molecular weight excluding hydrogens is 148 g/mol. The molecule has 2 rings (SSSR count). The van der Waals surface area contributed by atoms with Crippen LogP contribution in [0.15, 0.2) is 28.9 Å². The fourth-order valence-corrected chi connectivity index (χ4v) is 1.32. The zero-order valence-electron chi connectivity index (χ0n) is 5.29. The summed E-state index contributed by atoms with van der Waals surface area (Å²) >= 11 is 5.82. The molecule has 0 saturated heterocycles. The minimum Gasteiger partial charge on any atom is -0.348 e. The molecule has 2 atom stereocenters. The van der Waals surface area contributed by atoms with E-state index in [0.717, 1.165) is 5.70 Å². The molecule has 0 radical (unpaired) electrons. The number of halogens is 1. The van der Waals surface area contributed by atoms with Crippen LogP contribution in [0.2, 0.25) is 0 Å². The number of hydrogen-bond acceptors (Lipinski definition) is 2. The highest BCUT2D eigenvalue weighted by Crippen LogP contribution is 2.18. The molecule has 10 heavy (non-hydrogen) atoms. The second kappa shape index (κ2) is 2.13. The molecule has 0 aromatic carbocycles. The third-order valence-corrected chi connectivity index (χ3v) is 1.87. The van der Waals surface area contributed by atoms with Crippen molar-refractivity contribution in [2.45, 2.75) is 11.4 Å². The van der Waals surface area contributed by atoms with E-state index in [1.54, 1.807) is 6.34 Å². The van der Waals surface area contributed by atoms with Crippen molar-refractivity contribution in [3.63, 3.8) is 0 Å². The maximum atomic E-state index is 5.82. The fraction of sp³-hybridized carbons (Fsp3) is 0.286. The van der Waals surface area contributed by atoms with Gasteiger partial charge in [-0.3, -0.25) is 4.99 Å². The Labute approximate surface area is 64.3 Å². The molecule has 2 unspecified atom stereocenters. The summed E-state index contributed by atoms with van der Waals surface area (Å²) < 4.78 is 0. The van der Waals surface area contributed by atoms with Gasteiger partial charge in [-0.1, -0.05) is 12.2 Å². The molecule has 1 aliphatic carbocycles. The summed E-state index contributed by atoms with van der Waals surface area (Å²) in [5, 5.41) is 3.05. The Hall–Kier alpha value is -0.760. The predicted molar refractivity (Wildman–Crippen MR) is 42.3 cm³/mol. The van der Waals surface area contributed by atoms with E-state index in [0.29, 0.717) is 0 Å². The Morgan fingerprint density at radius 1 is 1.50 bits per heavy atom. The van der Waals surface area contributed by atoms with Crippen LogP contribution in [-0.2, 0) is 0 Å². The maximum Gasteiger partial charge on any atom is 0.109 e. The lowest BCUT2D eigenvalue weighted by molar-refractivity contribution is 0.920. The predicted octanol–water partition coefficient (Wildman–Crippen LogP) is 1.05. The van der Waals surface area contributed by atoms with Crippen molar-refractivity contribution in [2.24, 2.45) is 4.99 Å². The Morgan fingerprint density at radius 2 is 2.40 bits per heavy atom. The summed E-state index contributed by atoms with van der Waals surface area (Å²) in [6, 6.07) is 0.204. The van der Waals surface area contributed by atoms with Crippen molar-refractivity contribution in [2.75, 3.05) is 0 Å². The van der Waals surface area contributed by atoms with E-state index in [2.05, 4.69) is 10.3 Å². The quantitative estimate of drug-likeness (QED) is 0.409. The van der Waals surface area contributed by atoms with Gasteiger partial charge in [0.2, 0.25) is 0 Å². The number of allylic oxidation sites excluding steroid dienone is 2. The van der Waals surface area contributed by atoms with Gasteiger partial charge in [0.05, 0.1) is 11.7 Å². The van der Waals surface area contributed by atoms with Crippen LogP contribution in [0.5, 0.6) is 0 Å². The third kappa shape index (κ3) is 0.847. The Bertz CT molecular complexity index is 230. The Kier molecular flexibility index (Phi) is 1.27. The van der Waals surface area contributed by atoms with Crippen LogP contribution in [0.3, 0.4) is 0 Å². The number of fused-ring (bicyclic) bond motifs is 1. The first kappa shape index (κ1) is 5.98. The van der Waals surface area contributed by atoms with Crippen molar-refractivity contribution in [3.8, 4) is 0 Å². The first-order chi connectivity index (χ1) is 4.86. The van der Waals surface area contributed by atoms with Crippen molar-refractivity contribution in [1.29, 1.82) is 0 Å². The molecule has 0 fully saturated rings. The topological polar surface area (TPSA) is 24.4 Å². The molecular formula is C7H7ClN2. The highest BCUT2D eigenvalue weighted by atomic mass is 35.5. The summed E-state index contributed by atoms with van der Waals surface area (Å²) in [5.74, 6) is 0. The van der Waals surface area contributed by atoms with E-state index in [4.69, 9.17) is 11.6 Å². The van der Waals surface area contributed by atoms with Crippen molar-refractivity contribution >= 4 is 17.9 Å². The SMILES string of the molecule is ClC1C=CC2N=CNC2=C1. The smallest absolute Gasteiger partial charge is 0.109 e. The van der Waals surface area contributed by atoms with Crippen molar-refractivity contribution in [3.05, 3.63) is 23.9 Å². The van der Waals surface area contributed by atoms with Crippen molar-refractivity contribution < 1.29 is 0 Å². The zero-order valence-corrected chi connectivity index (χ0v) is 6.05. The van der Waals surface area contributed by atoms with Gasteiger partial charge in [0, 0.05) is 5.70 Å². The van der Waals surface area contributed by atoms with Crippen LogP contribution < -0.4 is 5.32 Å². The molecule has 3 heteroatoms. The van der Waals surface area contributed by atoms with Gasteiger partial charge in [-0.15, -0.1) is 11.6 Å². The van der Waals surface area contributed by atoms with Crippen LogP contribution in [0.25, 0.3) is 0 Å². The Balaban J connectivity index is 2.27. The lowest BCUT2D eigenvalue weighted by Crippen LogP contribution is -2.16. The molecule has 2 nitrogen and oxygen atoms in total. The van der Waals surface area contributed by atoms with E-state index >= 15 is 0 Å². The van der Waals surface area contributed by atoms with E-state index in [1.165, 1.54) is 0 Å². The highest BCUT2D eigenvalue weighted by Gasteiger charge is 2.17. The van der Waals surface area contributed by atoms with Gasteiger partial charge < -0.3 is 5.32 Å². The molecule has 2 aliphatic rings. The lowest BCUT2D eigenvalue weighted by Gasteiger charge is -2.11. The van der Waals surface area contributed by atoms with Gasteiger partial charge in [0.15, 0.2) is 0 Å². The number of nitrogens with zero attached hydrogens (tertiary/aromatic N) is 1. The van der Waals surface area contributed by atoms with Gasteiger partial charge >= 0.3 is 0 Å². The summed E-state index contributed by atoms with van der Waals surface area (Å²) in [7, 11) is 0. The van der Waals surface area contributed by atoms with E-state index in [1.807, 2.05) is 18.2 Å². The molecule has 1 heterocycles. The minimum atomic E-state index is 0.0282. The van der Waals surface area contributed by atoms with E-state index < -0.39 is 0 Å². The number of nitrogens with one attached hydrogen (secondary N) is 1. The largest absolute Gasteiger partial charge is 0.348 e. The zero-order chi connectivity index (χ0) is 6.97. The summed E-state index contributed by atoms with van der Waals surface area (Å²) in [4.78, 5) is 4.14. The monoisotopic (exact) mass is 154 g/mol. The van der Waals surface area contributed by atoms with Gasteiger partial charge in [0.25, 0.3) is 0 Å². The molecule has 52 valence electrons. The van der Waals surface area contributed by atoms with Crippen LogP contribution >= 0.6 is 11.6 Å². The molecule has 1 N–H and O–H groups in total. The van der Waals surface area contributed by atoms with E-state index in [-0.39, 0.29) is 11.4 Å². The summed E-state index contributed by atoms with van der Waals surface area (Å²) in [5.41, 5.74) is 1.10. The van der Waals surface area contributed by atoms with Crippen LogP contribution in [-0.4, -0.2) is 17.8 Å². The van der Waals surface area contributed by atoms with Crippen LogP contribution in [0.1, 0.15) is 0 Å². The first-order valence-corrected chi connectivity index (χ1v) is 3.62. The second-order valence-corrected chi connectivity index (χ2v) is 2.82. The lowest BCUT2D eigenvalue weighted by atomic mass is 10.1. The second-order valence-electron chi connectivity index (χ2n) is 2.32. The Morgan fingerprint density at radius 3 is 3.30 bits per heavy atom. The average molecular weight is 155 g/mol. The van der Waals surface area contributed by atoms with Crippen molar-refractivity contribution in [1.82, 2.24) is 5.32 Å². The van der Waals surface area contributed by atoms with Gasteiger partial charge in [-0.25, -0.2) is 0 Å². The first-order valence-electron chi connectivity index (χ1n) is 3.18. The fourth-order valence-electron chi connectivity index (χ4n) is 1.10. The normalized spacial score (nSPS) is 35.1. The molecule has 0 spiro atoms. The number of alkyl halides is 1. The van der Waals surface area contributed by atoms with Crippen LogP contribution in [0, 0.1) is 0 Å². The molecule has 0 aromatic rings. The highest BCUT2D eigenvalue weighted by molar-refractivity contribution is 6.23. The van der Waals surface area contributed by atoms with Gasteiger partial charge in [-0.05, 0) is 6.08 Å². The van der Waals surface area contributed by atoms with Gasteiger partial charge in [-0.2, -0.15) is 0 Å². The average Bonchev–Trinajstić information content (AvgIpc) is 2.33. The number of rotatable bonds is 0. The maximum absolute atomic E-state index is 5.82. The minimum absolute atomic E-state index is 0.0282. The molecule has 0 amide bonds. The van der Waals surface area contributed by atoms with E-state index in [9.17, 15) is 0 Å². The standard InChI is InChI=1S/C7H7ClN2/c8-5-1-2-6-7(3-5)10-4-9-6/h1-6H,(H,9,10). The third-order valence-electron chi connectivity index (χ3n) is 1.60. The summed E-state index contributed by atoms with van der Waals surface area (Å²) in [6.45, 7) is 0. The summed E-state index contributed by atoms with van der Waals surface area (Å²) in [6.07, 6.45) is 7.62. The van der Waals surface area contributed by atoms with Crippen LogP contribution in [0.4, 0.5) is 0 Å². The molecule has 0 bridgehead atoms. The van der Waals surface area contributed by atoms with Gasteiger partial charge in [0.1, 0.15) is 6.04 Å². The molecule has 1 aliphatic heterocycles. The number of hydrogen-bond donors (Lipinski definition) is 1. The number of aliphatic imine (C=N–C) groups is 1. The molecule has 0 aromatic heterocycles. The molecule has 0 saturated carbocycles.